The van der Waals surface area contributed by atoms with E-state index in [1.165, 1.54) is 37.1 Å². The van der Waals surface area contributed by atoms with Gasteiger partial charge in [-0.1, -0.05) is 37.2 Å². The molecule has 1 heterocycles. The molecule has 2 aromatic carbocycles. The smallest absolute Gasteiger partial charge is 0.214 e. The maximum Gasteiger partial charge on any atom is 0.214 e. The van der Waals surface area contributed by atoms with E-state index in [1.807, 2.05) is 12.1 Å². The number of aliphatic hydroxyl groups is 1. The first-order valence-electron chi connectivity index (χ1n) is 9.99. The van der Waals surface area contributed by atoms with Gasteiger partial charge in [-0.15, -0.1) is 5.10 Å². The standard InChI is InChI=1S/C22H26N4O3S/c1-3-4-5-17-6-10-19(11-7-17)26-22(23-24-25-26)30-15-20(28)14-29-21-12-8-18(9-13-21)16(2)27/h6-13,20,28H,3-5,14-15H2,1-2H3. The molecule has 1 atom stereocenters. The van der Waals surface area contributed by atoms with Crippen LogP contribution in [0.4, 0.5) is 0 Å². The number of aromatic nitrogens is 4. The van der Waals surface area contributed by atoms with Crippen LogP contribution in [0.2, 0.25) is 0 Å². The lowest BCUT2D eigenvalue weighted by Crippen LogP contribution is -2.20. The van der Waals surface area contributed by atoms with Gasteiger partial charge in [0.15, 0.2) is 5.78 Å². The Morgan fingerprint density at radius 1 is 1.17 bits per heavy atom. The maximum atomic E-state index is 11.3. The van der Waals surface area contributed by atoms with Crippen LogP contribution in [0.15, 0.2) is 53.7 Å². The summed E-state index contributed by atoms with van der Waals surface area (Å²) in [4.78, 5) is 11.3. The molecule has 30 heavy (non-hydrogen) atoms. The van der Waals surface area contributed by atoms with E-state index in [2.05, 4.69) is 34.6 Å². The summed E-state index contributed by atoms with van der Waals surface area (Å²) in [5.74, 6) is 1.00. The number of carbonyl (C=O) groups is 1. The topological polar surface area (TPSA) is 90.1 Å². The van der Waals surface area contributed by atoms with Gasteiger partial charge < -0.3 is 9.84 Å². The van der Waals surface area contributed by atoms with Crippen molar-refractivity contribution in [2.75, 3.05) is 12.4 Å². The lowest BCUT2D eigenvalue weighted by Gasteiger charge is -2.12. The highest BCUT2D eigenvalue weighted by Gasteiger charge is 2.13. The molecule has 3 aromatic rings. The predicted octanol–water partition coefficient (Wildman–Crippen LogP) is 3.74. The zero-order chi connectivity index (χ0) is 21.3. The summed E-state index contributed by atoms with van der Waals surface area (Å²) in [5.41, 5.74) is 2.81. The van der Waals surface area contributed by atoms with Crippen LogP contribution in [0.5, 0.6) is 5.75 Å². The van der Waals surface area contributed by atoms with Gasteiger partial charge in [0.25, 0.3) is 0 Å². The molecule has 3 rings (SSSR count). The van der Waals surface area contributed by atoms with Gasteiger partial charge in [0.05, 0.1) is 11.8 Å². The van der Waals surface area contributed by atoms with Crippen molar-refractivity contribution in [2.24, 2.45) is 0 Å². The van der Waals surface area contributed by atoms with Crippen molar-refractivity contribution in [1.29, 1.82) is 0 Å². The van der Waals surface area contributed by atoms with Gasteiger partial charge in [-0.05, 0) is 72.2 Å². The zero-order valence-electron chi connectivity index (χ0n) is 17.2. The average molecular weight is 427 g/mol. The number of benzene rings is 2. The molecule has 0 aliphatic rings. The molecule has 7 nitrogen and oxygen atoms in total. The first-order valence-corrected chi connectivity index (χ1v) is 11.0. The van der Waals surface area contributed by atoms with Gasteiger partial charge in [0, 0.05) is 11.3 Å². The summed E-state index contributed by atoms with van der Waals surface area (Å²) in [6, 6.07) is 15.1. The predicted molar refractivity (Wildman–Crippen MR) is 116 cm³/mol. The lowest BCUT2D eigenvalue weighted by molar-refractivity contribution is 0.101. The number of unbranched alkanes of at least 4 members (excludes halogenated alkanes) is 1. The summed E-state index contributed by atoms with van der Waals surface area (Å²) < 4.78 is 7.27. The number of carbonyl (C=O) groups excluding carboxylic acids is 1. The lowest BCUT2D eigenvalue weighted by atomic mass is 10.1. The molecule has 8 heteroatoms. The van der Waals surface area contributed by atoms with Crippen molar-refractivity contribution in [3.63, 3.8) is 0 Å². The molecule has 1 N–H and O–H groups in total. The number of ketones is 1. The second kappa shape index (κ2) is 10.9. The maximum absolute atomic E-state index is 11.3. The van der Waals surface area contributed by atoms with Crippen LogP contribution < -0.4 is 4.74 Å². The van der Waals surface area contributed by atoms with E-state index in [0.29, 0.717) is 22.2 Å². The number of aryl methyl sites for hydroxylation is 1. The fourth-order valence-corrected chi connectivity index (χ4v) is 3.61. The fraction of sp³-hybridized carbons (Fsp3) is 0.364. The Balaban J connectivity index is 1.51. The minimum atomic E-state index is -0.691. The molecule has 0 saturated carbocycles. The van der Waals surface area contributed by atoms with E-state index in [9.17, 15) is 9.90 Å². The molecule has 0 spiro atoms. The first-order chi connectivity index (χ1) is 14.6. The minimum Gasteiger partial charge on any atom is -0.491 e. The van der Waals surface area contributed by atoms with Gasteiger partial charge in [-0.2, -0.15) is 4.68 Å². The summed E-state index contributed by atoms with van der Waals surface area (Å²) in [5, 5.41) is 22.8. The number of thioether (sulfide) groups is 1. The van der Waals surface area contributed by atoms with E-state index in [0.717, 1.165) is 12.1 Å². The Bertz CT molecular complexity index is 942. The average Bonchev–Trinajstić information content (AvgIpc) is 3.24. The third-order valence-electron chi connectivity index (χ3n) is 4.55. The Labute approximate surface area is 180 Å². The molecular formula is C22H26N4O3S. The highest BCUT2D eigenvalue weighted by Crippen LogP contribution is 2.20. The molecule has 0 aliphatic heterocycles. The van der Waals surface area contributed by atoms with Crippen LogP contribution in [-0.4, -0.2) is 49.6 Å². The van der Waals surface area contributed by atoms with Crippen molar-refractivity contribution < 1.29 is 14.6 Å². The van der Waals surface area contributed by atoms with Gasteiger partial charge in [0.2, 0.25) is 5.16 Å². The molecule has 0 bridgehead atoms. The van der Waals surface area contributed by atoms with Gasteiger partial charge >= 0.3 is 0 Å². The van der Waals surface area contributed by atoms with Crippen molar-refractivity contribution in [3.05, 3.63) is 59.7 Å². The quantitative estimate of drug-likeness (QED) is 0.369. The van der Waals surface area contributed by atoms with Crippen molar-refractivity contribution in [1.82, 2.24) is 20.2 Å². The van der Waals surface area contributed by atoms with Crippen LogP contribution in [0.3, 0.4) is 0 Å². The highest BCUT2D eigenvalue weighted by molar-refractivity contribution is 7.99. The van der Waals surface area contributed by atoms with E-state index in [1.54, 1.807) is 28.9 Å². The van der Waals surface area contributed by atoms with Crippen molar-refractivity contribution >= 4 is 17.5 Å². The second-order valence-corrected chi connectivity index (χ2v) is 7.99. The minimum absolute atomic E-state index is 0.00584. The first kappa shape index (κ1) is 22.0. The van der Waals surface area contributed by atoms with E-state index in [-0.39, 0.29) is 12.4 Å². The summed E-state index contributed by atoms with van der Waals surface area (Å²) in [6.45, 7) is 3.84. The third kappa shape index (κ3) is 6.14. The Morgan fingerprint density at radius 2 is 1.90 bits per heavy atom. The Kier molecular flexibility index (Phi) is 7.98. The number of Topliss-reactive ketones (excluding diaryl/α,β-unsaturated/α-hetero) is 1. The normalized spacial score (nSPS) is 12.0. The van der Waals surface area contributed by atoms with Crippen LogP contribution in [0.1, 0.15) is 42.6 Å². The molecule has 0 amide bonds. The molecular weight excluding hydrogens is 400 g/mol. The highest BCUT2D eigenvalue weighted by atomic mass is 32.2. The number of ether oxygens (including phenoxy) is 1. The number of rotatable bonds is 11. The molecule has 0 aliphatic carbocycles. The van der Waals surface area contributed by atoms with Gasteiger partial charge in [-0.25, -0.2) is 0 Å². The molecule has 0 saturated heterocycles. The Morgan fingerprint density at radius 3 is 2.57 bits per heavy atom. The van der Waals surface area contributed by atoms with Crippen molar-refractivity contribution in [3.8, 4) is 11.4 Å². The largest absolute Gasteiger partial charge is 0.491 e. The fourth-order valence-electron chi connectivity index (χ4n) is 2.81. The molecule has 1 unspecified atom stereocenters. The van der Waals surface area contributed by atoms with E-state index >= 15 is 0 Å². The number of nitrogens with zero attached hydrogens (tertiary/aromatic N) is 4. The van der Waals surface area contributed by atoms with Crippen molar-refractivity contribution in [2.45, 2.75) is 44.4 Å². The van der Waals surface area contributed by atoms with Crippen LogP contribution >= 0.6 is 11.8 Å². The number of hydrogen-bond acceptors (Lipinski definition) is 7. The second-order valence-electron chi connectivity index (χ2n) is 7.00. The van der Waals surface area contributed by atoms with Crippen LogP contribution in [0, 0.1) is 0 Å². The summed E-state index contributed by atoms with van der Waals surface area (Å²) >= 11 is 1.37. The Hall–Kier alpha value is -2.71. The van der Waals surface area contributed by atoms with Gasteiger partial charge in [0.1, 0.15) is 12.4 Å². The molecule has 0 radical (unpaired) electrons. The van der Waals surface area contributed by atoms with Crippen LogP contribution in [0.25, 0.3) is 5.69 Å². The molecule has 158 valence electrons. The SMILES string of the molecule is CCCCc1ccc(-n2nnnc2SCC(O)COc2ccc(C(C)=O)cc2)cc1. The summed E-state index contributed by atoms with van der Waals surface area (Å²) in [7, 11) is 0. The van der Waals surface area contributed by atoms with E-state index < -0.39 is 6.10 Å². The molecule has 0 fully saturated rings. The molecule has 1 aromatic heterocycles. The monoisotopic (exact) mass is 426 g/mol. The number of tetrazole rings is 1. The van der Waals surface area contributed by atoms with E-state index in [4.69, 9.17) is 4.74 Å². The zero-order valence-corrected chi connectivity index (χ0v) is 18.0. The van der Waals surface area contributed by atoms with Gasteiger partial charge in [-0.3, -0.25) is 4.79 Å². The number of aliphatic hydroxyl groups excluding tert-OH is 1. The summed E-state index contributed by atoms with van der Waals surface area (Å²) in [6.07, 6.45) is 2.72. The van der Waals surface area contributed by atoms with Crippen LogP contribution in [-0.2, 0) is 6.42 Å². The number of hydrogen-bond donors (Lipinski definition) is 1. The third-order valence-corrected chi connectivity index (χ3v) is 5.61.